The van der Waals surface area contributed by atoms with Gasteiger partial charge in [-0.15, -0.1) is 11.3 Å². The highest BCUT2D eigenvalue weighted by Gasteiger charge is 2.52. The Kier molecular flexibility index (Phi) is 6.22. The Morgan fingerprint density at radius 3 is 2.11 bits per heavy atom. The van der Waals surface area contributed by atoms with Crippen molar-refractivity contribution in [1.29, 1.82) is 0 Å². The third kappa shape index (κ3) is 4.13. The van der Waals surface area contributed by atoms with E-state index in [0.29, 0.717) is 0 Å². The lowest BCUT2D eigenvalue weighted by Crippen LogP contribution is -2.41. The molecule has 3 heterocycles. The summed E-state index contributed by atoms with van der Waals surface area (Å²) >= 11 is 1.75. The lowest BCUT2D eigenvalue weighted by Gasteiger charge is -2.36. The predicted octanol–water partition coefficient (Wildman–Crippen LogP) is 9.71. The molecule has 0 N–H and O–H groups in total. The molecule has 6 aromatic rings. The Labute approximate surface area is 275 Å². The molecule has 3 aliphatic rings. The van der Waals surface area contributed by atoms with Crippen LogP contribution in [-0.2, 0) is 14.7 Å². The molecule has 0 bridgehead atoms. The first-order chi connectivity index (χ1) is 22.2. The van der Waals surface area contributed by atoms with Crippen LogP contribution in [0.5, 0.6) is 0 Å². The lowest BCUT2D eigenvalue weighted by molar-refractivity contribution is 0.00578. The van der Waals surface area contributed by atoms with E-state index in [1.165, 1.54) is 51.6 Å². The summed E-state index contributed by atoms with van der Waals surface area (Å²) in [5.74, 6) is 0.792. The minimum atomic E-state index is -0.370. The molecule has 2 fully saturated rings. The summed E-state index contributed by atoms with van der Waals surface area (Å²) in [7, 11) is -0.368. The highest BCUT2D eigenvalue weighted by atomic mass is 32.1. The van der Waals surface area contributed by atoms with Crippen molar-refractivity contribution in [2.75, 3.05) is 0 Å². The van der Waals surface area contributed by atoms with Crippen molar-refractivity contribution in [1.82, 2.24) is 9.97 Å². The maximum atomic E-state index is 6.51. The second-order valence-electron chi connectivity index (χ2n) is 14.3. The number of nitrogens with zero attached hydrogens (tertiary/aromatic N) is 2. The maximum absolute atomic E-state index is 6.51. The minimum Gasteiger partial charge on any atom is -0.399 e. The van der Waals surface area contributed by atoms with Gasteiger partial charge in [-0.25, -0.2) is 9.97 Å². The van der Waals surface area contributed by atoms with Crippen molar-refractivity contribution in [3.05, 3.63) is 102 Å². The first-order valence-electron chi connectivity index (χ1n) is 16.6. The number of hydrogen-bond donors (Lipinski definition) is 0. The van der Waals surface area contributed by atoms with Crippen LogP contribution in [0.2, 0.25) is 0 Å². The summed E-state index contributed by atoms with van der Waals surface area (Å²) in [5, 5.41) is 2.36. The van der Waals surface area contributed by atoms with Crippen molar-refractivity contribution in [3.63, 3.8) is 0 Å². The summed E-state index contributed by atoms with van der Waals surface area (Å²) in [5.41, 5.74) is 9.08. The van der Waals surface area contributed by atoms with E-state index < -0.39 is 0 Å². The maximum Gasteiger partial charge on any atom is 0.494 e. The van der Waals surface area contributed by atoms with Crippen molar-refractivity contribution in [3.8, 4) is 33.8 Å². The molecule has 2 aromatic heterocycles. The fraction of sp³-hybridized carbons (Fsp3) is 0.300. The molecule has 4 nitrogen and oxygen atoms in total. The van der Waals surface area contributed by atoms with E-state index in [2.05, 4.69) is 119 Å². The van der Waals surface area contributed by atoms with Gasteiger partial charge >= 0.3 is 7.12 Å². The lowest BCUT2D eigenvalue weighted by atomic mass is 9.66. The third-order valence-corrected chi connectivity index (χ3v) is 12.2. The first-order valence-corrected chi connectivity index (χ1v) is 17.5. The fourth-order valence-electron chi connectivity index (χ4n) is 8.03. The standard InChI is InChI=1S/C40H37BN2O2S/c1-38(2)39(3,4)45-41(44-38)27-18-20-29-28-19-17-26(23-31(28)40(32(29)24-27)21-11-6-12-22-40)36-42-35(25-13-7-5-8-14-25)34-30-15-9-10-16-33(30)46-37(34)43-36/h5,7-10,13-20,23-24H,6,11-12,21-22H2,1-4H3. The van der Waals surface area contributed by atoms with Gasteiger partial charge in [-0.1, -0.05) is 98.1 Å². The number of hydrogen-bond acceptors (Lipinski definition) is 5. The quantitative estimate of drug-likeness (QED) is 0.185. The van der Waals surface area contributed by atoms with Gasteiger partial charge in [0.25, 0.3) is 0 Å². The van der Waals surface area contributed by atoms with Gasteiger partial charge in [0.1, 0.15) is 4.83 Å². The summed E-state index contributed by atoms with van der Waals surface area (Å²) in [4.78, 5) is 11.6. The molecule has 0 atom stereocenters. The van der Waals surface area contributed by atoms with Crippen LogP contribution in [0.3, 0.4) is 0 Å². The molecule has 0 unspecified atom stereocenters. The number of fused-ring (bicyclic) bond motifs is 8. The van der Waals surface area contributed by atoms with E-state index in [9.17, 15) is 0 Å². The summed E-state index contributed by atoms with van der Waals surface area (Å²) in [6.07, 6.45) is 6.04. The Morgan fingerprint density at radius 2 is 1.35 bits per heavy atom. The van der Waals surface area contributed by atoms with Crippen molar-refractivity contribution in [2.24, 2.45) is 0 Å². The molecule has 4 aromatic carbocycles. The highest BCUT2D eigenvalue weighted by molar-refractivity contribution is 7.25. The van der Waals surface area contributed by atoms with Gasteiger partial charge in [-0.3, -0.25) is 0 Å². The van der Waals surface area contributed by atoms with Gasteiger partial charge in [0.15, 0.2) is 5.82 Å². The van der Waals surface area contributed by atoms with E-state index >= 15 is 0 Å². The monoisotopic (exact) mass is 620 g/mol. The molecule has 0 amide bonds. The van der Waals surface area contributed by atoms with Crippen LogP contribution < -0.4 is 5.46 Å². The molecule has 9 rings (SSSR count). The molecular formula is C40H37BN2O2S. The van der Waals surface area contributed by atoms with E-state index in [-0.39, 0.29) is 23.7 Å². The van der Waals surface area contributed by atoms with Gasteiger partial charge < -0.3 is 9.31 Å². The van der Waals surface area contributed by atoms with Gasteiger partial charge in [0, 0.05) is 32.0 Å². The Morgan fingerprint density at radius 1 is 0.674 bits per heavy atom. The highest BCUT2D eigenvalue weighted by Crippen LogP contribution is 2.56. The van der Waals surface area contributed by atoms with Crippen molar-refractivity contribution < 1.29 is 9.31 Å². The zero-order chi connectivity index (χ0) is 31.3. The van der Waals surface area contributed by atoms with Crippen LogP contribution in [0.15, 0.2) is 91.0 Å². The van der Waals surface area contributed by atoms with E-state index in [0.717, 1.165) is 51.2 Å². The molecule has 1 saturated carbocycles. The zero-order valence-corrected chi connectivity index (χ0v) is 27.7. The molecule has 46 heavy (non-hydrogen) atoms. The van der Waals surface area contributed by atoms with Crippen LogP contribution >= 0.6 is 11.3 Å². The van der Waals surface area contributed by atoms with E-state index in [1.54, 1.807) is 11.3 Å². The molecule has 1 aliphatic heterocycles. The van der Waals surface area contributed by atoms with Crippen LogP contribution in [-0.4, -0.2) is 28.3 Å². The van der Waals surface area contributed by atoms with Gasteiger partial charge in [-0.05, 0) is 80.4 Å². The van der Waals surface area contributed by atoms with Crippen LogP contribution in [0.1, 0.15) is 70.9 Å². The Balaban J connectivity index is 1.20. The van der Waals surface area contributed by atoms with Gasteiger partial charge in [-0.2, -0.15) is 0 Å². The van der Waals surface area contributed by atoms with Crippen molar-refractivity contribution >= 4 is 44.2 Å². The molecule has 1 saturated heterocycles. The number of thiophene rings is 1. The van der Waals surface area contributed by atoms with E-state index in [1.807, 2.05) is 0 Å². The summed E-state index contributed by atoms with van der Waals surface area (Å²) < 4.78 is 14.3. The predicted molar refractivity (Wildman–Crippen MR) is 191 cm³/mol. The average Bonchev–Trinajstić information content (AvgIpc) is 3.65. The topological polar surface area (TPSA) is 44.2 Å². The third-order valence-electron chi connectivity index (χ3n) is 11.2. The molecular weight excluding hydrogens is 583 g/mol. The second kappa shape index (κ2) is 10.1. The smallest absolute Gasteiger partial charge is 0.399 e. The molecule has 2 aliphatic carbocycles. The number of rotatable bonds is 3. The van der Waals surface area contributed by atoms with Gasteiger partial charge in [0.2, 0.25) is 0 Å². The molecule has 228 valence electrons. The largest absolute Gasteiger partial charge is 0.494 e. The fourth-order valence-corrected chi connectivity index (χ4v) is 9.10. The number of aromatic nitrogens is 2. The van der Waals surface area contributed by atoms with Crippen LogP contribution in [0.25, 0.3) is 54.1 Å². The van der Waals surface area contributed by atoms with Crippen LogP contribution in [0.4, 0.5) is 0 Å². The van der Waals surface area contributed by atoms with Crippen LogP contribution in [0, 0.1) is 0 Å². The molecule has 6 heteroatoms. The normalized spacial score (nSPS) is 19.2. The van der Waals surface area contributed by atoms with Crippen molar-refractivity contribution in [2.45, 2.75) is 76.4 Å². The SMILES string of the molecule is CC1(C)OB(c2ccc3c(c2)C2(CCCCC2)c2cc(-c4nc(-c5ccccc5)c5c(n4)sc4ccccc45)ccc2-3)OC1(C)C. The molecule has 0 radical (unpaired) electrons. The van der Waals surface area contributed by atoms with Gasteiger partial charge in [0.05, 0.1) is 16.9 Å². The Bertz CT molecular complexity index is 2150. The second-order valence-corrected chi connectivity index (χ2v) is 15.4. The Hall–Kier alpha value is -3.84. The van der Waals surface area contributed by atoms with E-state index in [4.69, 9.17) is 19.3 Å². The first kappa shape index (κ1) is 28.4. The minimum absolute atomic E-state index is 0.0252. The molecule has 1 spiro atoms. The number of benzene rings is 4. The zero-order valence-electron chi connectivity index (χ0n) is 26.9. The summed E-state index contributed by atoms with van der Waals surface area (Å²) in [6, 6.07) is 33.1. The summed E-state index contributed by atoms with van der Waals surface area (Å²) in [6.45, 7) is 8.51. The average molecular weight is 621 g/mol.